The number of amides is 2. The van der Waals surface area contributed by atoms with E-state index in [0.717, 1.165) is 41.1 Å². The monoisotopic (exact) mass is 469 g/mol. The van der Waals surface area contributed by atoms with Crippen LogP contribution in [0.5, 0.6) is 0 Å². The normalized spacial score (nSPS) is 22.5. The van der Waals surface area contributed by atoms with E-state index < -0.39 is 21.5 Å². The number of nitrogens with one attached hydrogen (secondary N) is 1. The van der Waals surface area contributed by atoms with Gasteiger partial charge in [0.25, 0.3) is 0 Å². The van der Waals surface area contributed by atoms with Gasteiger partial charge in [-0.2, -0.15) is 4.31 Å². The number of carbonyl (C=O) groups is 2. The number of hydrogen-bond acceptors (Lipinski definition) is 4. The maximum Gasteiger partial charge on any atom is 0.247 e. The highest BCUT2D eigenvalue weighted by Crippen LogP contribution is 2.34. The van der Waals surface area contributed by atoms with E-state index in [4.69, 9.17) is 0 Å². The second kappa shape index (κ2) is 8.91. The zero-order chi connectivity index (χ0) is 23.8. The van der Waals surface area contributed by atoms with Crippen molar-refractivity contribution in [2.24, 2.45) is 0 Å². The van der Waals surface area contributed by atoms with Crippen molar-refractivity contribution in [3.63, 3.8) is 0 Å². The maximum atomic E-state index is 13.7. The van der Waals surface area contributed by atoms with Crippen molar-refractivity contribution in [3.8, 4) is 0 Å². The number of piperazine rings is 1. The van der Waals surface area contributed by atoms with Gasteiger partial charge in [-0.1, -0.05) is 48.7 Å². The highest BCUT2D eigenvalue weighted by Gasteiger charge is 2.51. The van der Waals surface area contributed by atoms with Crippen molar-refractivity contribution in [2.45, 2.75) is 62.9 Å². The number of anilines is 1. The van der Waals surface area contributed by atoms with Gasteiger partial charge in [0.2, 0.25) is 21.8 Å². The zero-order valence-corrected chi connectivity index (χ0v) is 20.2. The molecule has 33 heavy (non-hydrogen) atoms. The van der Waals surface area contributed by atoms with Gasteiger partial charge in [-0.15, -0.1) is 0 Å². The SMILES string of the molecule is Cc1ccc(N2C(=O)CN(S(=O)(=O)c3ccccc3)C[C@@]2(C)C(=O)NC2CCCC2)c(C)c1. The van der Waals surface area contributed by atoms with Gasteiger partial charge in [0.15, 0.2) is 0 Å². The van der Waals surface area contributed by atoms with Gasteiger partial charge in [0, 0.05) is 18.3 Å². The number of nitrogens with zero attached hydrogens (tertiary/aromatic N) is 2. The van der Waals surface area contributed by atoms with Crippen molar-refractivity contribution in [3.05, 3.63) is 59.7 Å². The molecule has 1 N–H and O–H groups in total. The van der Waals surface area contributed by atoms with Crippen LogP contribution < -0.4 is 10.2 Å². The molecule has 0 aromatic heterocycles. The van der Waals surface area contributed by atoms with Crippen LogP contribution in [-0.4, -0.2) is 49.2 Å². The summed E-state index contributed by atoms with van der Waals surface area (Å²) in [6.07, 6.45) is 3.89. The van der Waals surface area contributed by atoms with Crippen LogP contribution in [0.3, 0.4) is 0 Å². The Bertz CT molecular complexity index is 1160. The molecule has 2 amide bonds. The third-order valence-corrected chi connectivity index (χ3v) is 8.50. The predicted octanol–water partition coefficient (Wildman–Crippen LogP) is 3.16. The second-order valence-corrected chi connectivity index (χ2v) is 11.3. The molecule has 176 valence electrons. The van der Waals surface area contributed by atoms with Gasteiger partial charge < -0.3 is 5.32 Å². The smallest absolute Gasteiger partial charge is 0.247 e. The Balaban J connectivity index is 1.76. The maximum absolute atomic E-state index is 13.7. The van der Waals surface area contributed by atoms with Crippen LogP contribution >= 0.6 is 0 Å². The minimum Gasteiger partial charge on any atom is -0.351 e. The number of carbonyl (C=O) groups excluding carboxylic acids is 2. The minimum atomic E-state index is -3.94. The van der Waals surface area contributed by atoms with Crippen LogP contribution in [0.25, 0.3) is 0 Å². The molecule has 8 heteroatoms. The first-order valence-electron chi connectivity index (χ1n) is 11.4. The van der Waals surface area contributed by atoms with Crippen molar-refractivity contribution in [2.75, 3.05) is 18.0 Å². The van der Waals surface area contributed by atoms with E-state index >= 15 is 0 Å². The third-order valence-electron chi connectivity index (χ3n) is 6.69. The van der Waals surface area contributed by atoms with E-state index in [1.54, 1.807) is 25.1 Å². The summed E-state index contributed by atoms with van der Waals surface area (Å²) >= 11 is 0. The summed E-state index contributed by atoms with van der Waals surface area (Å²) < 4.78 is 27.9. The Morgan fingerprint density at radius 3 is 2.36 bits per heavy atom. The Hall–Kier alpha value is -2.71. The highest BCUT2D eigenvalue weighted by atomic mass is 32.2. The Morgan fingerprint density at radius 2 is 1.73 bits per heavy atom. The van der Waals surface area contributed by atoms with E-state index in [9.17, 15) is 18.0 Å². The van der Waals surface area contributed by atoms with E-state index in [-0.39, 0.29) is 29.9 Å². The van der Waals surface area contributed by atoms with Gasteiger partial charge in [0.05, 0.1) is 11.4 Å². The first-order chi connectivity index (χ1) is 15.6. The fraction of sp³-hybridized carbons (Fsp3) is 0.440. The Morgan fingerprint density at radius 1 is 1.06 bits per heavy atom. The quantitative estimate of drug-likeness (QED) is 0.729. The summed E-state index contributed by atoms with van der Waals surface area (Å²) in [5.74, 6) is -0.743. The summed E-state index contributed by atoms with van der Waals surface area (Å²) in [5.41, 5.74) is 1.15. The van der Waals surface area contributed by atoms with Crippen LogP contribution in [0.2, 0.25) is 0 Å². The summed E-state index contributed by atoms with van der Waals surface area (Å²) in [5, 5.41) is 3.10. The summed E-state index contributed by atoms with van der Waals surface area (Å²) in [6, 6.07) is 13.8. The Kier molecular flexibility index (Phi) is 6.33. The lowest BCUT2D eigenvalue weighted by atomic mass is 9.93. The predicted molar refractivity (Wildman–Crippen MR) is 127 cm³/mol. The topological polar surface area (TPSA) is 86.8 Å². The first-order valence-corrected chi connectivity index (χ1v) is 12.8. The summed E-state index contributed by atoms with van der Waals surface area (Å²) in [6.45, 7) is 5.09. The summed E-state index contributed by atoms with van der Waals surface area (Å²) in [7, 11) is -3.94. The van der Waals surface area contributed by atoms with E-state index in [1.807, 2.05) is 32.0 Å². The van der Waals surface area contributed by atoms with Crippen molar-refractivity contribution >= 4 is 27.5 Å². The lowest BCUT2D eigenvalue weighted by molar-refractivity contribution is -0.133. The van der Waals surface area contributed by atoms with Crippen LogP contribution in [0.4, 0.5) is 5.69 Å². The minimum absolute atomic E-state index is 0.0477. The molecule has 2 aromatic rings. The number of sulfonamides is 1. The Labute approximate surface area is 195 Å². The molecule has 0 bridgehead atoms. The average Bonchev–Trinajstić information content (AvgIpc) is 3.28. The number of aryl methyl sites for hydroxylation is 2. The molecule has 0 radical (unpaired) electrons. The third kappa shape index (κ3) is 4.42. The molecule has 2 fully saturated rings. The van der Waals surface area contributed by atoms with E-state index in [1.165, 1.54) is 17.0 Å². The molecule has 1 aliphatic carbocycles. The molecule has 2 aliphatic rings. The van der Waals surface area contributed by atoms with Crippen molar-refractivity contribution in [1.82, 2.24) is 9.62 Å². The molecular formula is C25H31N3O4S. The summed E-state index contributed by atoms with van der Waals surface area (Å²) in [4.78, 5) is 28.8. The van der Waals surface area contributed by atoms with E-state index in [2.05, 4.69) is 5.32 Å². The fourth-order valence-corrected chi connectivity index (χ4v) is 6.42. The molecule has 0 unspecified atom stereocenters. The largest absolute Gasteiger partial charge is 0.351 e. The lowest BCUT2D eigenvalue weighted by Gasteiger charge is -2.47. The average molecular weight is 470 g/mol. The molecule has 1 atom stereocenters. The van der Waals surface area contributed by atoms with Crippen molar-refractivity contribution < 1.29 is 18.0 Å². The lowest BCUT2D eigenvalue weighted by Crippen LogP contribution is -2.70. The molecule has 7 nitrogen and oxygen atoms in total. The molecule has 1 saturated heterocycles. The molecular weight excluding hydrogens is 438 g/mol. The number of benzene rings is 2. The molecule has 1 saturated carbocycles. The standard InChI is InChI=1S/C25H31N3O4S/c1-18-13-14-22(19(2)15-18)28-23(29)16-27(33(31,32)21-11-5-4-6-12-21)17-25(28,3)24(30)26-20-9-7-8-10-20/h4-6,11-15,20H,7-10,16-17H2,1-3H3,(H,26,30)/t25-/m0/s1. The highest BCUT2D eigenvalue weighted by molar-refractivity contribution is 7.89. The number of rotatable bonds is 5. The number of hydrogen-bond donors (Lipinski definition) is 1. The van der Waals surface area contributed by atoms with Crippen LogP contribution in [-0.2, 0) is 19.6 Å². The van der Waals surface area contributed by atoms with Gasteiger partial charge in [0.1, 0.15) is 5.54 Å². The van der Waals surface area contributed by atoms with Crippen molar-refractivity contribution in [1.29, 1.82) is 0 Å². The van der Waals surface area contributed by atoms with Crippen LogP contribution in [0.1, 0.15) is 43.7 Å². The fourth-order valence-electron chi connectivity index (χ4n) is 4.92. The van der Waals surface area contributed by atoms with E-state index in [0.29, 0.717) is 5.69 Å². The van der Waals surface area contributed by atoms with Gasteiger partial charge >= 0.3 is 0 Å². The first kappa shape index (κ1) is 23.4. The van der Waals surface area contributed by atoms with Gasteiger partial charge in [-0.3, -0.25) is 14.5 Å². The van der Waals surface area contributed by atoms with Gasteiger partial charge in [-0.25, -0.2) is 8.42 Å². The zero-order valence-electron chi connectivity index (χ0n) is 19.4. The molecule has 1 heterocycles. The molecule has 1 aliphatic heterocycles. The molecule has 0 spiro atoms. The second-order valence-electron chi connectivity index (χ2n) is 9.33. The van der Waals surface area contributed by atoms with Crippen LogP contribution in [0, 0.1) is 13.8 Å². The molecule has 4 rings (SSSR count). The van der Waals surface area contributed by atoms with Gasteiger partial charge in [-0.05, 0) is 57.4 Å². The van der Waals surface area contributed by atoms with Crippen LogP contribution in [0.15, 0.2) is 53.4 Å². The molecule has 2 aromatic carbocycles.